The first kappa shape index (κ1) is 7.62. The normalized spacial score (nSPS) is 15.2. The van der Waals surface area contributed by atoms with Gasteiger partial charge in [0.25, 0.3) is 0 Å². The van der Waals surface area contributed by atoms with Crippen LogP contribution in [0.2, 0.25) is 5.02 Å². The Morgan fingerprint density at radius 2 is 2.25 bits per heavy atom. The van der Waals surface area contributed by atoms with E-state index in [0.717, 1.165) is 5.69 Å². The lowest BCUT2D eigenvalue weighted by Gasteiger charge is -2.17. The summed E-state index contributed by atoms with van der Waals surface area (Å²) in [6, 6.07) is 5.45. The predicted molar refractivity (Wildman–Crippen MR) is 48.9 cm³/mol. The molecule has 0 fully saturated rings. The molecule has 1 aliphatic heterocycles. The van der Waals surface area contributed by atoms with Crippen LogP contribution in [-0.4, -0.2) is 12.3 Å². The minimum atomic E-state index is 0.134. The number of fused-ring (bicyclic) bond motifs is 1. The van der Waals surface area contributed by atoms with E-state index >= 15 is 0 Å². The Balaban J connectivity index is 2.60. The van der Waals surface area contributed by atoms with Crippen molar-refractivity contribution in [1.29, 1.82) is 0 Å². The smallest absolute Gasteiger partial charge is 0.168 e. The average Bonchev–Trinajstić information content (AvgIpc) is 2.04. The van der Waals surface area contributed by atoms with Gasteiger partial charge in [0.05, 0.1) is 10.6 Å². The van der Waals surface area contributed by atoms with Crippen molar-refractivity contribution < 1.29 is 4.79 Å². The topological polar surface area (TPSA) is 29.1 Å². The van der Waals surface area contributed by atoms with E-state index in [-0.39, 0.29) is 5.78 Å². The summed E-state index contributed by atoms with van der Waals surface area (Å²) in [7, 11) is 0. The highest BCUT2D eigenvalue weighted by molar-refractivity contribution is 6.35. The summed E-state index contributed by atoms with van der Waals surface area (Å²) in [5.74, 6) is 0.134. The van der Waals surface area contributed by atoms with Crippen molar-refractivity contribution in [3.8, 4) is 0 Å². The fourth-order valence-electron chi connectivity index (χ4n) is 1.39. The zero-order valence-electron chi connectivity index (χ0n) is 6.43. The maximum Gasteiger partial charge on any atom is 0.168 e. The van der Waals surface area contributed by atoms with Crippen molar-refractivity contribution in [2.75, 3.05) is 11.9 Å². The van der Waals surface area contributed by atoms with Crippen LogP contribution in [-0.2, 0) is 0 Å². The molecule has 0 saturated carbocycles. The Bertz CT molecular complexity index is 335. The summed E-state index contributed by atoms with van der Waals surface area (Å²) in [6.45, 7) is 0.714. The van der Waals surface area contributed by atoms with Crippen LogP contribution in [0.1, 0.15) is 16.8 Å². The lowest BCUT2D eigenvalue weighted by molar-refractivity contribution is 0.0984. The molecule has 62 valence electrons. The van der Waals surface area contributed by atoms with E-state index in [1.54, 1.807) is 6.07 Å². The lowest BCUT2D eigenvalue weighted by Crippen LogP contribution is -2.18. The van der Waals surface area contributed by atoms with Gasteiger partial charge in [-0.3, -0.25) is 4.79 Å². The fourth-order valence-corrected chi connectivity index (χ4v) is 1.67. The number of Topliss-reactive ketones (excluding diaryl/α,β-unsaturated/α-hetero) is 1. The Hall–Kier alpha value is -1.02. The van der Waals surface area contributed by atoms with Gasteiger partial charge < -0.3 is 5.32 Å². The van der Waals surface area contributed by atoms with Crippen LogP contribution in [0.25, 0.3) is 0 Å². The SMILES string of the molecule is O=C1CCNc2cccc(Cl)c21. The van der Waals surface area contributed by atoms with Gasteiger partial charge >= 0.3 is 0 Å². The van der Waals surface area contributed by atoms with Gasteiger partial charge in [-0.05, 0) is 12.1 Å². The van der Waals surface area contributed by atoms with Crippen molar-refractivity contribution in [1.82, 2.24) is 0 Å². The number of carbonyl (C=O) groups is 1. The molecule has 0 saturated heterocycles. The standard InChI is InChI=1S/C9H8ClNO/c10-6-2-1-3-7-9(6)8(12)4-5-11-7/h1-3,11H,4-5H2. The summed E-state index contributed by atoms with van der Waals surface area (Å²) in [5.41, 5.74) is 1.50. The number of nitrogens with one attached hydrogen (secondary N) is 1. The van der Waals surface area contributed by atoms with Gasteiger partial charge in [0.2, 0.25) is 0 Å². The van der Waals surface area contributed by atoms with Gasteiger partial charge in [-0.1, -0.05) is 17.7 Å². The van der Waals surface area contributed by atoms with Gasteiger partial charge in [-0.15, -0.1) is 0 Å². The molecule has 3 heteroatoms. The third-order valence-electron chi connectivity index (χ3n) is 1.96. The second kappa shape index (κ2) is 2.79. The van der Waals surface area contributed by atoms with Crippen LogP contribution in [0, 0.1) is 0 Å². The molecule has 0 aliphatic carbocycles. The van der Waals surface area contributed by atoms with E-state index < -0.39 is 0 Å². The van der Waals surface area contributed by atoms with Crippen molar-refractivity contribution in [3.05, 3.63) is 28.8 Å². The van der Waals surface area contributed by atoms with E-state index in [4.69, 9.17) is 11.6 Å². The van der Waals surface area contributed by atoms with Gasteiger partial charge in [0.15, 0.2) is 5.78 Å². The molecule has 1 aromatic rings. The van der Waals surface area contributed by atoms with Crippen molar-refractivity contribution in [2.24, 2.45) is 0 Å². The second-order valence-corrected chi connectivity index (χ2v) is 3.17. The quantitative estimate of drug-likeness (QED) is 0.666. The molecule has 0 atom stereocenters. The molecule has 0 spiro atoms. The minimum absolute atomic E-state index is 0.134. The number of hydrogen-bond acceptors (Lipinski definition) is 2. The highest BCUT2D eigenvalue weighted by atomic mass is 35.5. The van der Waals surface area contributed by atoms with Crippen LogP contribution in [0.3, 0.4) is 0 Å². The molecule has 2 rings (SSSR count). The molecule has 1 aromatic carbocycles. The third-order valence-corrected chi connectivity index (χ3v) is 2.27. The largest absolute Gasteiger partial charge is 0.384 e. The lowest BCUT2D eigenvalue weighted by atomic mass is 10.0. The van der Waals surface area contributed by atoms with Gasteiger partial charge in [0.1, 0.15) is 0 Å². The van der Waals surface area contributed by atoms with E-state index in [0.29, 0.717) is 23.6 Å². The molecule has 0 radical (unpaired) electrons. The van der Waals surface area contributed by atoms with Gasteiger partial charge in [0, 0.05) is 18.7 Å². The van der Waals surface area contributed by atoms with Crippen LogP contribution >= 0.6 is 11.6 Å². The molecular formula is C9H8ClNO. The number of rotatable bonds is 0. The Morgan fingerprint density at radius 1 is 1.42 bits per heavy atom. The molecule has 12 heavy (non-hydrogen) atoms. The molecule has 0 unspecified atom stereocenters. The van der Waals surface area contributed by atoms with Gasteiger partial charge in [-0.2, -0.15) is 0 Å². The molecule has 2 nitrogen and oxygen atoms in total. The van der Waals surface area contributed by atoms with E-state index in [1.807, 2.05) is 12.1 Å². The number of halogens is 1. The van der Waals surface area contributed by atoms with Crippen molar-refractivity contribution >= 4 is 23.1 Å². The van der Waals surface area contributed by atoms with Gasteiger partial charge in [-0.25, -0.2) is 0 Å². The first-order valence-electron chi connectivity index (χ1n) is 3.84. The van der Waals surface area contributed by atoms with Crippen LogP contribution < -0.4 is 5.32 Å². The van der Waals surface area contributed by atoms with E-state index in [2.05, 4.69) is 5.32 Å². The number of benzene rings is 1. The number of ketones is 1. The van der Waals surface area contributed by atoms with E-state index in [1.165, 1.54) is 0 Å². The van der Waals surface area contributed by atoms with E-state index in [9.17, 15) is 4.79 Å². The predicted octanol–water partition coefficient (Wildman–Crippen LogP) is 2.34. The molecule has 0 amide bonds. The highest BCUT2D eigenvalue weighted by Crippen LogP contribution is 2.28. The molecule has 1 aliphatic rings. The summed E-state index contributed by atoms with van der Waals surface area (Å²) in [4.78, 5) is 11.4. The number of carbonyl (C=O) groups excluding carboxylic acids is 1. The summed E-state index contributed by atoms with van der Waals surface area (Å²) < 4.78 is 0. The van der Waals surface area contributed by atoms with Crippen molar-refractivity contribution in [3.63, 3.8) is 0 Å². The third kappa shape index (κ3) is 1.08. The first-order valence-corrected chi connectivity index (χ1v) is 4.22. The Labute approximate surface area is 75.5 Å². The minimum Gasteiger partial charge on any atom is -0.384 e. The zero-order chi connectivity index (χ0) is 8.55. The van der Waals surface area contributed by atoms with Crippen molar-refractivity contribution in [2.45, 2.75) is 6.42 Å². The molecule has 1 N–H and O–H groups in total. The van der Waals surface area contributed by atoms with Crippen LogP contribution in [0.4, 0.5) is 5.69 Å². The molecule has 0 aromatic heterocycles. The monoisotopic (exact) mass is 181 g/mol. The summed E-state index contributed by atoms with van der Waals surface area (Å²) >= 11 is 5.88. The Kier molecular flexibility index (Phi) is 1.77. The maximum absolute atomic E-state index is 11.4. The fraction of sp³-hybridized carbons (Fsp3) is 0.222. The summed E-state index contributed by atoms with van der Waals surface area (Å²) in [6.07, 6.45) is 0.538. The Morgan fingerprint density at radius 3 is 3.00 bits per heavy atom. The van der Waals surface area contributed by atoms with Crippen LogP contribution in [0.15, 0.2) is 18.2 Å². The average molecular weight is 182 g/mol. The first-order chi connectivity index (χ1) is 5.79. The highest BCUT2D eigenvalue weighted by Gasteiger charge is 2.18. The number of hydrogen-bond donors (Lipinski definition) is 1. The van der Waals surface area contributed by atoms with Crippen LogP contribution in [0.5, 0.6) is 0 Å². The summed E-state index contributed by atoms with van der Waals surface area (Å²) in [5, 5.41) is 3.67. The maximum atomic E-state index is 11.4. The molecular weight excluding hydrogens is 174 g/mol. The second-order valence-electron chi connectivity index (χ2n) is 2.76. The zero-order valence-corrected chi connectivity index (χ0v) is 7.19. The number of anilines is 1. The molecule has 0 bridgehead atoms. The molecule has 1 heterocycles.